The number of aryl methyl sites for hydroxylation is 1. The number of hydrogen-bond acceptors (Lipinski definition) is 6. The van der Waals surface area contributed by atoms with Gasteiger partial charge in [-0.05, 0) is 49.6 Å². The van der Waals surface area contributed by atoms with E-state index in [0.717, 1.165) is 18.8 Å². The molecule has 2 aliphatic rings. The van der Waals surface area contributed by atoms with Crippen LogP contribution in [0.15, 0.2) is 36.5 Å². The largest absolute Gasteiger partial charge is 0.368 e. The van der Waals surface area contributed by atoms with Gasteiger partial charge < -0.3 is 9.80 Å². The van der Waals surface area contributed by atoms with E-state index in [1.807, 2.05) is 23.8 Å². The third kappa shape index (κ3) is 3.47. The molecule has 1 aliphatic carbocycles. The highest BCUT2D eigenvalue weighted by Gasteiger charge is 2.47. The lowest BCUT2D eigenvalue weighted by Crippen LogP contribution is -2.60. The maximum Gasteiger partial charge on any atom is 0.191 e. The molecule has 0 amide bonds. The first-order valence-electron chi connectivity index (χ1n) is 12.2. The molecule has 1 saturated heterocycles. The first-order valence-corrected chi connectivity index (χ1v) is 12.5. The SMILES string of the molecule is [2H]c1c(F)c(N2CC3(CCC3)C2)cc2c(N(C)c3nc(-c4ccc(F)cc4)c(C#N)s3)c(CC)nn12. The van der Waals surface area contributed by atoms with Gasteiger partial charge >= 0.3 is 0 Å². The molecule has 4 heterocycles. The smallest absolute Gasteiger partial charge is 0.191 e. The van der Waals surface area contributed by atoms with Crippen LogP contribution in [0.2, 0.25) is 0 Å². The fourth-order valence-corrected chi connectivity index (χ4v) is 6.07. The third-order valence-electron chi connectivity index (χ3n) is 7.27. The number of pyridine rings is 1. The molecule has 0 unspecified atom stereocenters. The molecule has 9 heteroatoms. The van der Waals surface area contributed by atoms with Crippen molar-refractivity contribution in [1.82, 2.24) is 14.6 Å². The number of nitriles is 1. The highest BCUT2D eigenvalue weighted by molar-refractivity contribution is 7.16. The standard InChI is InChI=1S/C26H24F2N6S/c1-3-19-24(32(2)25-30-23(22(12-29)35-25)16-5-7-17(27)8-6-16)21-11-20(18(28)13-34(21)31-19)33-14-26(15-33)9-4-10-26/h5-8,11,13H,3-4,9-10,14-15H2,1-2H3/i13D. The lowest BCUT2D eigenvalue weighted by molar-refractivity contribution is 0.0897. The number of thiazole rings is 1. The van der Waals surface area contributed by atoms with E-state index in [2.05, 4.69) is 11.2 Å². The van der Waals surface area contributed by atoms with E-state index in [-0.39, 0.29) is 12.0 Å². The van der Waals surface area contributed by atoms with E-state index < -0.39 is 5.82 Å². The third-order valence-corrected chi connectivity index (χ3v) is 8.30. The summed E-state index contributed by atoms with van der Waals surface area (Å²) in [5.41, 5.74) is 3.96. The molecular weight excluding hydrogens is 466 g/mol. The van der Waals surface area contributed by atoms with Crippen LogP contribution in [0.5, 0.6) is 0 Å². The molecule has 2 fully saturated rings. The van der Waals surface area contributed by atoms with Gasteiger partial charge in [0, 0.05) is 31.1 Å². The van der Waals surface area contributed by atoms with Crippen molar-refractivity contribution in [2.45, 2.75) is 32.6 Å². The Morgan fingerprint density at radius 1 is 1.26 bits per heavy atom. The Hall–Kier alpha value is -3.51. The Morgan fingerprint density at radius 3 is 2.63 bits per heavy atom. The lowest BCUT2D eigenvalue weighted by atomic mass is 9.63. The van der Waals surface area contributed by atoms with Crippen LogP contribution < -0.4 is 9.80 Å². The quantitative estimate of drug-likeness (QED) is 0.346. The van der Waals surface area contributed by atoms with Crippen molar-refractivity contribution in [3.8, 4) is 17.3 Å². The summed E-state index contributed by atoms with van der Waals surface area (Å²) in [4.78, 5) is 9.00. The Morgan fingerprint density at radius 2 is 2.00 bits per heavy atom. The summed E-state index contributed by atoms with van der Waals surface area (Å²) in [6.07, 6.45) is 3.91. The van der Waals surface area contributed by atoms with Crippen LogP contribution in [0.3, 0.4) is 0 Å². The van der Waals surface area contributed by atoms with Gasteiger partial charge in [0.2, 0.25) is 0 Å². The van der Waals surface area contributed by atoms with E-state index in [1.54, 1.807) is 18.2 Å². The number of fused-ring (bicyclic) bond motifs is 1. The fourth-order valence-electron chi connectivity index (χ4n) is 5.22. The predicted molar refractivity (Wildman–Crippen MR) is 133 cm³/mol. The number of halogens is 2. The number of aromatic nitrogens is 3. The fraction of sp³-hybridized carbons (Fsp3) is 0.346. The number of anilines is 3. The van der Waals surface area contributed by atoms with Gasteiger partial charge in [-0.1, -0.05) is 24.7 Å². The highest BCUT2D eigenvalue weighted by Crippen LogP contribution is 2.50. The number of benzene rings is 1. The normalized spacial score (nSPS) is 16.7. The summed E-state index contributed by atoms with van der Waals surface area (Å²) >= 11 is 1.23. The van der Waals surface area contributed by atoms with Crippen LogP contribution in [0.4, 0.5) is 25.3 Å². The Bertz CT molecular complexity index is 1530. The zero-order valence-electron chi connectivity index (χ0n) is 20.5. The molecule has 3 aromatic heterocycles. The summed E-state index contributed by atoms with van der Waals surface area (Å²) < 4.78 is 38.6. The monoisotopic (exact) mass is 491 g/mol. The van der Waals surface area contributed by atoms with Crippen molar-refractivity contribution in [3.63, 3.8) is 0 Å². The molecular formula is C26H24F2N6S. The Kier molecular flexibility index (Phi) is 4.77. The van der Waals surface area contributed by atoms with Crippen molar-refractivity contribution in [2.24, 2.45) is 5.41 Å². The molecule has 0 bridgehead atoms. The number of rotatable bonds is 5. The summed E-state index contributed by atoms with van der Waals surface area (Å²) in [7, 11) is 1.84. The van der Waals surface area contributed by atoms with Crippen LogP contribution in [0.1, 0.15) is 38.1 Å². The minimum atomic E-state index is -0.560. The van der Waals surface area contributed by atoms with Gasteiger partial charge in [-0.25, -0.2) is 18.3 Å². The zero-order valence-corrected chi connectivity index (χ0v) is 20.3. The molecule has 0 radical (unpaired) electrons. The molecule has 178 valence electrons. The highest BCUT2D eigenvalue weighted by atomic mass is 32.1. The van der Waals surface area contributed by atoms with Crippen molar-refractivity contribution < 1.29 is 10.2 Å². The molecule has 4 aromatic rings. The van der Waals surface area contributed by atoms with Gasteiger partial charge in [0.15, 0.2) is 10.9 Å². The van der Waals surface area contributed by atoms with Crippen LogP contribution in [0, 0.1) is 28.4 Å². The van der Waals surface area contributed by atoms with Crippen LogP contribution >= 0.6 is 11.3 Å². The Balaban J connectivity index is 1.44. The van der Waals surface area contributed by atoms with Crippen LogP contribution in [-0.4, -0.2) is 34.7 Å². The zero-order chi connectivity index (χ0) is 25.2. The van der Waals surface area contributed by atoms with E-state index in [0.29, 0.717) is 50.0 Å². The topological polar surface area (TPSA) is 60.5 Å². The first-order chi connectivity index (χ1) is 17.3. The van der Waals surface area contributed by atoms with Crippen molar-refractivity contribution in [1.29, 1.82) is 5.26 Å². The molecule has 6 rings (SSSR count). The van der Waals surface area contributed by atoms with Gasteiger partial charge in [0.25, 0.3) is 0 Å². The molecule has 0 N–H and O–H groups in total. The van der Waals surface area contributed by atoms with E-state index in [4.69, 9.17) is 6.35 Å². The van der Waals surface area contributed by atoms with Crippen LogP contribution in [0.25, 0.3) is 16.8 Å². The van der Waals surface area contributed by atoms with Gasteiger partial charge in [-0.2, -0.15) is 10.4 Å². The number of hydrogen-bond donors (Lipinski definition) is 0. The molecule has 35 heavy (non-hydrogen) atoms. The van der Waals surface area contributed by atoms with Gasteiger partial charge in [-0.15, -0.1) is 0 Å². The van der Waals surface area contributed by atoms with Crippen LogP contribution in [-0.2, 0) is 6.42 Å². The van der Waals surface area contributed by atoms with Gasteiger partial charge in [0.1, 0.15) is 22.5 Å². The molecule has 1 aromatic carbocycles. The maximum atomic E-state index is 15.3. The average Bonchev–Trinajstić information content (AvgIpc) is 3.42. The summed E-state index contributed by atoms with van der Waals surface area (Å²) in [6, 6.07) is 9.88. The average molecular weight is 492 g/mol. The van der Waals surface area contributed by atoms with Gasteiger partial charge in [0.05, 0.1) is 30.1 Å². The van der Waals surface area contributed by atoms with Crippen molar-refractivity contribution in [3.05, 3.63) is 58.7 Å². The van der Waals surface area contributed by atoms with E-state index in [1.165, 1.54) is 47.2 Å². The predicted octanol–water partition coefficient (Wildman–Crippen LogP) is 5.93. The summed E-state index contributed by atoms with van der Waals surface area (Å²) in [5.74, 6) is -0.918. The summed E-state index contributed by atoms with van der Waals surface area (Å²) in [6.45, 7) is 3.60. The summed E-state index contributed by atoms with van der Waals surface area (Å²) in [5, 5.41) is 14.9. The van der Waals surface area contributed by atoms with Crippen molar-refractivity contribution in [2.75, 3.05) is 29.9 Å². The Labute approximate surface area is 207 Å². The minimum Gasteiger partial charge on any atom is -0.368 e. The second-order valence-corrected chi connectivity index (χ2v) is 10.4. The van der Waals surface area contributed by atoms with Crippen molar-refractivity contribution >= 4 is 33.4 Å². The lowest BCUT2D eigenvalue weighted by Gasteiger charge is -2.57. The second kappa shape index (κ2) is 8.02. The second-order valence-electron chi connectivity index (χ2n) is 9.46. The van der Waals surface area contributed by atoms with Gasteiger partial charge in [-0.3, -0.25) is 0 Å². The number of nitrogens with zero attached hydrogens (tertiary/aromatic N) is 6. The molecule has 1 aliphatic heterocycles. The molecule has 1 saturated carbocycles. The van der Waals surface area contributed by atoms with E-state index in [9.17, 15) is 9.65 Å². The molecule has 0 atom stereocenters. The molecule has 1 spiro atoms. The van der Waals surface area contributed by atoms with E-state index >= 15 is 4.39 Å². The molecule has 6 nitrogen and oxygen atoms in total. The first kappa shape index (κ1) is 20.8. The maximum absolute atomic E-state index is 15.3. The minimum absolute atomic E-state index is 0.268.